The first-order valence-corrected chi connectivity index (χ1v) is 5.41. The number of rotatable bonds is 3. The van der Waals surface area contributed by atoms with E-state index in [4.69, 9.17) is 16.0 Å². The maximum absolute atomic E-state index is 11.7. The van der Waals surface area contributed by atoms with Crippen LogP contribution < -0.4 is 0 Å². The topological polar surface area (TPSA) is 50.4 Å². The van der Waals surface area contributed by atoms with Crippen LogP contribution in [-0.4, -0.2) is 17.0 Å². The Balaban J connectivity index is 2.43. The summed E-state index contributed by atoms with van der Waals surface area (Å²) in [5.41, 5.74) is 0.594. The standard InChI is InChI=1S/C12H11ClO3/c1-2-9(14)12(15)11-6-7-5-8(13)3-4-10(7)16-11/h3-6,9,14H,2H2,1H3. The number of carbonyl (C=O) groups is 1. The number of Topliss-reactive ketones (excluding diaryl/α,β-unsaturated/α-hetero) is 1. The van der Waals surface area contributed by atoms with Crippen molar-refractivity contribution in [1.82, 2.24) is 0 Å². The van der Waals surface area contributed by atoms with E-state index < -0.39 is 11.9 Å². The highest BCUT2D eigenvalue weighted by molar-refractivity contribution is 6.31. The fourth-order valence-corrected chi connectivity index (χ4v) is 1.67. The molecule has 0 saturated heterocycles. The Hall–Kier alpha value is -1.32. The van der Waals surface area contributed by atoms with Crippen LogP contribution in [0.15, 0.2) is 28.7 Å². The maximum atomic E-state index is 11.7. The van der Waals surface area contributed by atoms with Gasteiger partial charge in [0, 0.05) is 10.4 Å². The van der Waals surface area contributed by atoms with E-state index in [2.05, 4.69) is 0 Å². The quantitative estimate of drug-likeness (QED) is 0.837. The Bertz CT molecular complexity index is 530. The molecule has 2 aromatic rings. The van der Waals surface area contributed by atoms with Crippen molar-refractivity contribution < 1.29 is 14.3 Å². The number of furan rings is 1. The smallest absolute Gasteiger partial charge is 0.226 e. The summed E-state index contributed by atoms with van der Waals surface area (Å²) in [6, 6.07) is 6.71. The monoisotopic (exact) mass is 238 g/mol. The third-order valence-corrected chi connectivity index (χ3v) is 2.65. The van der Waals surface area contributed by atoms with Crippen LogP contribution in [0.1, 0.15) is 23.9 Å². The molecule has 1 atom stereocenters. The van der Waals surface area contributed by atoms with Crippen molar-refractivity contribution in [3.63, 3.8) is 0 Å². The average molecular weight is 239 g/mol. The van der Waals surface area contributed by atoms with E-state index in [0.29, 0.717) is 17.0 Å². The zero-order chi connectivity index (χ0) is 11.7. The highest BCUT2D eigenvalue weighted by Gasteiger charge is 2.19. The summed E-state index contributed by atoms with van der Waals surface area (Å²) in [6.45, 7) is 1.74. The predicted octanol–water partition coefficient (Wildman–Crippen LogP) is 3.04. The van der Waals surface area contributed by atoms with Crippen molar-refractivity contribution in [2.24, 2.45) is 0 Å². The van der Waals surface area contributed by atoms with Gasteiger partial charge in [-0.25, -0.2) is 0 Å². The minimum atomic E-state index is -1.00. The van der Waals surface area contributed by atoms with E-state index in [0.717, 1.165) is 5.39 Å². The molecule has 1 heterocycles. The first-order valence-electron chi connectivity index (χ1n) is 5.03. The fraction of sp³-hybridized carbons (Fsp3) is 0.250. The lowest BCUT2D eigenvalue weighted by Gasteiger charge is -2.02. The molecule has 0 saturated carbocycles. The van der Waals surface area contributed by atoms with Gasteiger partial charge >= 0.3 is 0 Å². The summed E-state index contributed by atoms with van der Waals surface area (Å²) in [6.07, 6.45) is -0.632. The van der Waals surface area contributed by atoms with Gasteiger partial charge in [0.05, 0.1) is 0 Å². The molecule has 16 heavy (non-hydrogen) atoms. The van der Waals surface area contributed by atoms with Crippen LogP contribution in [0.25, 0.3) is 11.0 Å². The van der Waals surface area contributed by atoms with Crippen molar-refractivity contribution in [1.29, 1.82) is 0 Å². The molecule has 2 rings (SSSR count). The van der Waals surface area contributed by atoms with Gasteiger partial charge in [-0.1, -0.05) is 18.5 Å². The van der Waals surface area contributed by atoms with Crippen LogP contribution in [0.2, 0.25) is 5.02 Å². The lowest BCUT2D eigenvalue weighted by Crippen LogP contribution is -2.18. The van der Waals surface area contributed by atoms with E-state index in [1.54, 1.807) is 31.2 Å². The summed E-state index contributed by atoms with van der Waals surface area (Å²) < 4.78 is 5.34. The van der Waals surface area contributed by atoms with Gasteiger partial charge in [0.2, 0.25) is 5.78 Å². The molecule has 4 heteroatoms. The molecule has 84 valence electrons. The third kappa shape index (κ3) is 1.96. The predicted molar refractivity (Wildman–Crippen MR) is 61.9 cm³/mol. The molecule has 1 unspecified atom stereocenters. The number of halogens is 1. The Morgan fingerprint density at radius 1 is 1.50 bits per heavy atom. The second-order valence-electron chi connectivity index (χ2n) is 3.58. The van der Waals surface area contributed by atoms with E-state index in [1.807, 2.05) is 0 Å². The molecular weight excluding hydrogens is 228 g/mol. The van der Waals surface area contributed by atoms with E-state index >= 15 is 0 Å². The molecule has 0 amide bonds. The van der Waals surface area contributed by atoms with Gasteiger partial charge < -0.3 is 9.52 Å². The number of fused-ring (bicyclic) bond motifs is 1. The van der Waals surface area contributed by atoms with Gasteiger partial charge in [-0.05, 0) is 30.7 Å². The normalized spacial score (nSPS) is 12.9. The van der Waals surface area contributed by atoms with Crippen molar-refractivity contribution in [2.45, 2.75) is 19.4 Å². The van der Waals surface area contributed by atoms with Crippen LogP contribution in [0.4, 0.5) is 0 Å². The molecule has 0 radical (unpaired) electrons. The molecule has 1 N–H and O–H groups in total. The minimum Gasteiger partial charge on any atom is -0.453 e. The number of ketones is 1. The van der Waals surface area contributed by atoms with Gasteiger partial charge in [0.1, 0.15) is 11.7 Å². The van der Waals surface area contributed by atoms with Crippen LogP contribution in [0, 0.1) is 0 Å². The number of hydrogen-bond donors (Lipinski definition) is 1. The second-order valence-corrected chi connectivity index (χ2v) is 4.02. The molecule has 3 nitrogen and oxygen atoms in total. The Morgan fingerprint density at radius 3 is 2.94 bits per heavy atom. The molecular formula is C12H11ClO3. The molecule has 0 aliphatic carbocycles. The van der Waals surface area contributed by atoms with Crippen LogP contribution in [0.5, 0.6) is 0 Å². The summed E-state index contributed by atoms with van der Waals surface area (Å²) in [7, 11) is 0. The third-order valence-electron chi connectivity index (χ3n) is 2.41. The van der Waals surface area contributed by atoms with E-state index in [9.17, 15) is 9.90 Å². The highest BCUT2D eigenvalue weighted by atomic mass is 35.5. The van der Waals surface area contributed by atoms with Gasteiger partial charge in [-0.3, -0.25) is 4.79 Å². The SMILES string of the molecule is CCC(O)C(=O)c1cc2cc(Cl)ccc2o1. The first kappa shape index (κ1) is 11.2. The molecule has 0 aliphatic heterocycles. The second kappa shape index (κ2) is 4.28. The van der Waals surface area contributed by atoms with Gasteiger partial charge in [-0.2, -0.15) is 0 Å². The van der Waals surface area contributed by atoms with Crippen molar-refractivity contribution in [2.75, 3.05) is 0 Å². The van der Waals surface area contributed by atoms with Crippen molar-refractivity contribution in [3.05, 3.63) is 35.0 Å². The summed E-state index contributed by atoms with van der Waals surface area (Å²) >= 11 is 5.82. The highest BCUT2D eigenvalue weighted by Crippen LogP contribution is 2.23. The number of aliphatic hydroxyl groups excluding tert-OH is 1. The molecule has 0 aliphatic rings. The minimum absolute atomic E-state index is 0.173. The van der Waals surface area contributed by atoms with Crippen LogP contribution >= 0.6 is 11.6 Å². The summed E-state index contributed by atoms with van der Waals surface area (Å²) in [4.78, 5) is 11.7. The van der Waals surface area contributed by atoms with Crippen molar-refractivity contribution in [3.8, 4) is 0 Å². The lowest BCUT2D eigenvalue weighted by atomic mass is 10.1. The summed E-state index contributed by atoms with van der Waals surface area (Å²) in [5.74, 6) is -0.221. The number of benzene rings is 1. The number of carbonyl (C=O) groups excluding carboxylic acids is 1. The lowest BCUT2D eigenvalue weighted by molar-refractivity contribution is 0.0713. The average Bonchev–Trinajstić information content (AvgIpc) is 2.69. The maximum Gasteiger partial charge on any atom is 0.226 e. The van der Waals surface area contributed by atoms with Crippen LogP contribution in [-0.2, 0) is 0 Å². The van der Waals surface area contributed by atoms with Crippen LogP contribution in [0.3, 0.4) is 0 Å². The van der Waals surface area contributed by atoms with E-state index in [1.165, 1.54) is 0 Å². The number of aliphatic hydroxyl groups is 1. The molecule has 0 fully saturated rings. The number of hydrogen-bond acceptors (Lipinski definition) is 3. The summed E-state index contributed by atoms with van der Waals surface area (Å²) in [5, 5.41) is 10.8. The largest absolute Gasteiger partial charge is 0.453 e. The Morgan fingerprint density at radius 2 is 2.25 bits per heavy atom. The zero-order valence-corrected chi connectivity index (χ0v) is 9.49. The fourth-order valence-electron chi connectivity index (χ4n) is 1.49. The van der Waals surface area contributed by atoms with E-state index in [-0.39, 0.29) is 5.76 Å². The molecule has 0 spiro atoms. The molecule has 0 bridgehead atoms. The van der Waals surface area contributed by atoms with Crippen molar-refractivity contribution >= 4 is 28.4 Å². The Kier molecular flexibility index (Phi) is 2.99. The molecule has 1 aromatic heterocycles. The van der Waals surface area contributed by atoms with Gasteiger partial charge in [0.25, 0.3) is 0 Å². The van der Waals surface area contributed by atoms with Gasteiger partial charge in [0.15, 0.2) is 5.76 Å². The Labute approximate surface area is 97.6 Å². The molecule has 1 aromatic carbocycles. The van der Waals surface area contributed by atoms with Gasteiger partial charge in [-0.15, -0.1) is 0 Å². The first-order chi connectivity index (χ1) is 7.61. The zero-order valence-electron chi connectivity index (χ0n) is 8.74.